The smallest absolute Gasteiger partial charge is 0.337 e. The number of hydrogen-bond acceptors (Lipinski definition) is 3. The number of benzene rings is 2. The SMILES string of the molecule is CCc1ccc(Nc2cc(C(C)(C)C)nn2-c2ccccc2C)c(C(=O)O)c1. The van der Waals surface area contributed by atoms with Gasteiger partial charge in [0.05, 0.1) is 22.6 Å². The number of nitrogens with zero attached hydrogens (tertiary/aromatic N) is 2. The molecule has 5 heteroatoms. The lowest BCUT2D eigenvalue weighted by Gasteiger charge is -2.14. The molecule has 0 aliphatic carbocycles. The molecule has 0 spiro atoms. The van der Waals surface area contributed by atoms with Crippen LogP contribution in [0.5, 0.6) is 0 Å². The largest absolute Gasteiger partial charge is 0.478 e. The number of para-hydroxylation sites is 1. The molecule has 0 radical (unpaired) electrons. The molecule has 0 aliphatic rings. The fourth-order valence-electron chi connectivity index (χ4n) is 3.06. The molecule has 3 aromatic rings. The van der Waals surface area contributed by atoms with Crippen LogP contribution in [-0.2, 0) is 11.8 Å². The molecule has 0 bridgehead atoms. The third kappa shape index (κ3) is 3.93. The molecule has 3 rings (SSSR count). The average molecular weight is 377 g/mol. The fraction of sp³-hybridized carbons (Fsp3) is 0.304. The lowest BCUT2D eigenvalue weighted by atomic mass is 9.92. The van der Waals surface area contributed by atoms with Crippen LogP contribution in [0, 0.1) is 6.92 Å². The van der Waals surface area contributed by atoms with Gasteiger partial charge in [-0.2, -0.15) is 5.10 Å². The summed E-state index contributed by atoms with van der Waals surface area (Å²) in [6.45, 7) is 10.4. The molecule has 0 saturated carbocycles. The number of aryl methyl sites for hydroxylation is 2. The first-order valence-electron chi connectivity index (χ1n) is 9.50. The van der Waals surface area contributed by atoms with E-state index in [1.165, 1.54) is 0 Å². The summed E-state index contributed by atoms with van der Waals surface area (Å²) in [6.07, 6.45) is 0.788. The Hall–Kier alpha value is -3.08. The highest BCUT2D eigenvalue weighted by Gasteiger charge is 2.22. The summed E-state index contributed by atoms with van der Waals surface area (Å²) in [5, 5.41) is 17.8. The van der Waals surface area contributed by atoms with Gasteiger partial charge in [-0.1, -0.05) is 52.0 Å². The first kappa shape index (κ1) is 19.7. The van der Waals surface area contributed by atoms with Gasteiger partial charge in [-0.25, -0.2) is 9.48 Å². The summed E-state index contributed by atoms with van der Waals surface area (Å²) >= 11 is 0. The maximum atomic E-state index is 11.8. The zero-order chi connectivity index (χ0) is 20.5. The van der Waals surface area contributed by atoms with Crippen LogP contribution in [-0.4, -0.2) is 20.9 Å². The highest BCUT2D eigenvalue weighted by atomic mass is 16.4. The van der Waals surface area contributed by atoms with E-state index in [1.807, 2.05) is 61.0 Å². The summed E-state index contributed by atoms with van der Waals surface area (Å²) in [5.74, 6) is -0.207. The van der Waals surface area contributed by atoms with Crippen molar-refractivity contribution < 1.29 is 9.90 Å². The highest BCUT2D eigenvalue weighted by Crippen LogP contribution is 2.30. The van der Waals surface area contributed by atoms with E-state index < -0.39 is 5.97 Å². The van der Waals surface area contributed by atoms with E-state index in [0.717, 1.165) is 34.7 Å². The number of hydrogen-bond donors (Lipinski definition) is 2. The second-order valence-electron chi connectivity index (χ2n) is 8.03. The number of anilines is 2. The molecule has 0 fully saturated rings. The molecular weight excluding hydrogens is 350 g/mol. The van der Waals surface area contributed by atoms with Crippen LogP contribution in [0.25, 0.3) is 5.69 Å². The minimum Gasteiger partial charge on any atom is -0.478 e. The summed E-state index contributed by atoms with van der Waals surface area (Å²) in [7, 11) is 0. The third-order valence-corrected chi connectivity index (χ3v) is 4.81. The van der Waals surface area contributed by atoms with Gasteiger partial charge < -0.3 is 10.4 Å². The molecule has 5 nitrogen and oxygen atoms in total. The molecule has 28 heavy (non-hydrogen) atoms. The first-order chi connectivity index (χ1) is 13.2. The highest BCUT2D eigenvalue weighted by molar-refractivity contribution is 5.95. The summed E-state index contributed by atoms with van der Waals surface area (Å²) in [4.78, 5) is 11.8. The van der Waals surface area contributed by atoms with E-state index in [0.29, 0.717) is 5.69 Å². The molecule has 0 saturated heterocycles. The predicted molar refractivity (Wildman–Crippen MR) is 113 cm³/mol. The lowest BCUT2D eigenvalue weighted by Crippen LogP contribution is -2.13. The third-order valence-electron chi connectivity index (χ3n) is 4.81. The van der Waals surface area contributed by atoms with Gasteiger partial charge in [-0.05, 0) is 42.7 Å². The minimum absolute atomic E-state index is 0.133. The van der Waals surface area contributed by atoms with Crippen LogP contribution >= 0.6 is 0 Å². The van der Waals surface area contributed by atoms with Gasteiger partial charge in [-0.15, -0.1) is 0 Å². The molecule has 1 aromatic heterocycles. The number of carboxylic acid groups (broad SMARTS) is 1. The van der Waals surface area contributed by atoms with E-state index in [4.69, 9.17) is 5.10 Å². The van der Waals surface area contributed by atoms with Crippen molar-refractivity contribution in [1.29, 1.82) is 0 Å². The standard InChI is InChI=1S/C23H27N3O2/c1-6-16-11-12-18(17(13-16)22(27)28)24-21-14-20(23(3,4)5)25-26(21)19-10-8-7-9-15(19)2/h7-14,24H,6H2,1-5H3,(H,27,28). The van der Waals surface area contributed by atoms with Crippen molar-refractivity contribution in [3.05, 3.63) is 70.9 Å². The number of carboxylic acids is 1. The summed E-state index contributed by atoms with van der Waals surface area (Å²) in [6, 6.07) is 15.5. The minimum atomic E-state index is -0.948. The maximum absolute atomic E-state index is 11.8. The lowest BCUT2D eigenvalue weighted by molar-refractivity contribution is 0.0698. The van der Waals surface area contributed by atoms with Crippen LogP contribution in [0.4, 0.5) is 11.5 Å². The molecule has 0 unspecified atom stereocenters. The van der Waals surface area contributed by atoms with E-state index in [9.17, 15) is 9.90 Å². The van der Waals surface area contributed by atoms with Crippen LogP contribution in [0.3, 0.4) is 0 Å². The molecule has 0 aliphatic heterocycles. The van der Waals surface area contributed by atoms with E-state index in [1.54, 1.807) is 6.07 Å². The Kier molecular flexibility index (Phi) is 5.27. The van der Waals surface area contributed by atoms with Crippen molar-refractivity contribution in [3.8, 4) is 5.69 Å². The number of aromatic nitrogens is 2. The van der Waals surface area contributed by atoms with Gasteiger partial charge in [0.2, 0.25) is 0 Å². The molecule has 0 amide bonds. The number of carbonyl (C=O) groups is 1. The van der Waals surface area contributed by atoms with Crippen LogP contribution < -0.4 is 5.32 Å². The molecule has 2 aromatic carbocycles. The van der Waals surface area contributed by atoms with E-state index >= 15 is 0 Å². The van der Waals surface area contributed by atoms with Gasteiger partial charge in [0, 0.05) is 11.5 Å². The zero-order valence-corrected chi connectivity index (χ0v) is 17.1. The van der Waals surface area contributed by atoms with Gasteiger partial charge in [0.25, 0.3) is 0 Å². The Labute approximate surface area is 166 Å². The van der Waals surface area contributed by atoms with Crippen LogP contribution in [0.1, 0.15) is 54.9 Å². The Balaban J connectivity index is 2.13. The summed E-state index contributed by atoms with van der Waals surface area (Å²) in [5.41, 5.74) is 4.66. The Morgan fingerprint density at radius 2 is 1.86 bits per heavy atom. The second-order valence-corrected chi connectivity index (χ2v) is 8.03. The topological polar surface area (TPSA) is 67.2 Å². The van der Waals surface area contributed by atoms with Crippen molar-refractivity contribution in [2.45, 2.75) is 46.5 Å². The normalized spacial score (nSPS) is 11.5. The quantitative estimate of drug-likeness (QED) is 0.617. The molecule has 1 heterocycles. The zero-order valence-electron chi connectivity index (χ0n) is 17.1. The Morgan fingerprint density at radius 3 is 2.46 bits per heavy atom. The van der Waals surface area contributed by atoms with E-state index in [2.05, 4.69) is 26.1 Å². The van der Waals surface area contributed by atoms with Crippen molar-refractivity contribution in [2.75, 3.05) is 5.32 Å². The van der Waals surface area contributed by atoms with Crippen LogP contribution in [0.2, 0.25) is 0 Å². The fourth-order valence-corrected chi connectivity index (χ4v) is 3.06. The van der Waals surface area contributed by atoms with Crippen molar-refractivity contribution in [1.82, 2.24) is 9.78 Å². The molecule has 2 N–H and O–H groups in total. The Bertz CT molecular complexity index is 1010. The second kappa shape index (κ2) is 7.50. The maximum Gasteiger partial charge on any atom is 0.337 e. The van der Waals surface area contributed by atoms with Gasteiger partial charge in [0.15, 0.2) is 0 Å². The van der Waals surface area contributed by atoms with Crippen molar-refractivity contribution in [3.63, 3.8) is 0 Å². The number of aromatic carboxylic acids is 1. The predicted octanol–water partition coefficient (Wildman–Crippen LogP) is 5.48. The molecular formula is C23H27N3O2. The summed E-state index contributed by atoms with van der Waals surface area (Å²) < 4.78 is 1.86. The first-order valence-corrected chi connectivity index (χ1v) is 9.50. The van der Waals surface area contributed by atoms with Crippen molar-refractivity contribution in [2.24, 2.45) is 0 Å². The molecule has 146 valence electrons. The Morgan fingerprint density at radius 1 is 1.14 bits per heavy atom. The monoisotopic (exact) mass is 377 g/mol. The number of rotatable bonds is 5. The van der Waals surface area contributed by atoms with Gasteiger partial charge in [0.1, 0.15) is 5.82 Å². The molecule has 0 atom stereocenters. The van der Waals surface area contributed by atoms with Gasteiger partial charge >= 0.3 is 5.97 Å². The van der Waals surface area contributed by atoms with E-state index in [-0.39, 0.29) is 11.0 Å². The average Bonchev–Trinajstić information content (AvgIpc) is 3.06. The van der Waals surface area contributed by atoms with Gasteiger partial charge in [-0.3, -0.25) is 0 Å². The number of nitrogens with one attached hydrogen (secondary N) is 1. The van der Waals surface area contributed by atoms with Crippen LogP contribution in [0.15, 0.2) is 48.5 Å². The van der Waals surface area contributed by atoms with Crippen molar-refractivity contribution >= 4 is 17.5 Å².